The molecule has 0 bridgehead atoms. The molecule has 1 aliphatic heterocycles. The maximum absolute atomic E-state index is 13.1. The zero-order chi connectivity index (χ0) is 21.2. The topological polar surface area (TPSA) is 75.0 Å². The maximum Gasteiger partial charge on any atom is 0.318 e. The van der Waals surface area contributed by atoms with Crippen molar-refractivity contribution in [2.75, 3.05) is 26.2 Å². The molecule has 2 heterocycles. The van der Waals surface area contributed by atoms with E-state index in [1.165, 1.54) is 4.90 Å². The van der Waals surface area contributed by atoms with Crippen LogP contribution in [0.3, 0.4) is 0 Å². The van der Waals surface area contributed by atoms with Crippen molar-refractivity contribution >= 4 is 11.9 Å². The molecular weight excluding hydrogens is 382 g/mol. The predicted octanol–water partition coefficient (Wildman–Crippen LogP) is 3.19. The first kappa shape index (κ1) is 21.6. The highest BCUT2D eigenvalue weighted by Crippen LogP contribution is 2.16. The zero-order valence-corrected chi connectivity index (χ0v) is 17.2. The number of hydrogen-bond donors (Lipinski definition) is 1. The van der Waals surface area contributed by atoms with E-state index in [4.69, 9.17) is 9.15 Å². The van der Waals surface area contributed by atoms with E-state index >= 15 is 0 Å². The molecule has 30 heavy (non-hydrogen) atoms. The average molecular weight is 412 g/mol. The van der Waals surface area contributed by atoms with Crippen LogP contribution in [0.25, 0.3) is 0 Å². The van der Waals surface area contributed by atoms with Gasteiger partial charge in [0.2, 0.25) is 5.91 Å². The second-order valence-electron chi connectivity index (χ2n) is 7.30. The minimum atomic E-state index is -0.304. The van der Waals surface area contributed by atoms with Gasteiger partial charge in [-0.15, -0.1) is 6.58 Å². The van der Waals surface area contributed by atoms with E-state index < -0.39 is 0 Å². The van der Waals surface area contributed by atoms with Gasteiger partial charge in [-0.2, -0.15) is 0 Å². The molecule has 1 aromatic carbocycles. The number of nitrogens with one attached hydrogen (secondary N) is 1. The van der Waals surface area contributed by atoms with E-state index in [0.717, 1.165) is 25.0 Å². The lowest BCUT2D eigenvalue weighted by atomic mass is 10.2. The summed E-state index contributed by atoms with van der Waals surface area (Å²) in [5.41, 5.74) is 0.994. The number of nitrogens with zero attached hydrogens (tertiary/aromatic N) is 2. The van der Waals surface area contributed by atoms with E-state index in [9.17, 15) is 9.59 Å². The molecular formula is C23H29N3O4. The Bertz CT molecular complexity index is 801. The lowest BCUT2D eigenvalue weighted by Crippen LogP contribution is -2.47. The smallest absolute Gasteiger partial charge is 0.318 e. The number of amides is 3. The molecule has 0 spiro atoms. The van der Waals surface area contributed by atoms with Gasteiger partial charge in [-0.3, -0.25) is 4.79 Å². The van der Waals surface area contributed by atoms with Crippen molar-refractivity contribution in [1.29, 1.82) is 0 Å². The minimum absolute atomic E-state index is 0.0173. The SMILES string of the molecule is C=CCN(CC(=O)N(Cc1ccco1)C[C@@H]1CCCO1)C(=O)NCc1ccccc1. The number of benzene rings is 1. The van der Waals surface area contributed by atoms with Crippen molar-refractivity contribution in [2.24, 2.45) is 0 Å². The van der Waals surface area contributed by atoms with Crippen molar-refractivity contribution in [2.45, 2.75) is 32.0 Å². The number of urea groups is 1. The van der Waals surface area contributed by atoms with Crippen LogP contribution in [0.15, 0.2) is 65.8 Å². The number of carbonyl (C=O) groups excluding carboxylic acids is 2. The standard InChI is InChI=1S/C23H29N3O4/c1-2-12-25(23(28)24-15-19-8-4-3-5-9-19)18-22(27)26(16-20-10-6-13-29-20)17-21-11-7-14-30-21/h2-6,8-10,13,21H,1,7,11-12,14-18H2,(H,24,28)/t21-/m0/s1. The third-order valence-electron chi connectivity index (χ3n) is 4.98. The molecule has 160 valence electrons. The molecule has 1 N–H and O–H groups in total. The molecule has 3 rings (SSSR count). The minimum Gasteiger partial charge on any atom is -0.467 e. The van der Waals surface area contributed by atoms with Crippen LogP contribution in [-0.4, -0.2) is 54.1 Å². The number of carbonyl (C=O) groups is 2. The molecule has 1 fully saturated rings. The van der Waals surface area contributed by atoms with Gasteiger partial charge in [0.15, 0.2) is 0 Å². The lowest BCUT2D eigenvalue weighted by molar-refractivity contribution is -0.134. The summed E-state index contributed by atoms with van der Waals surface area (Å²) in [6, 6.07) is 13.0. The van der Waals surface area contributed by atoms with Crippen LogP contribution in [0.1, 0.15) is 24.2 Å². The highest BCUT2D eigenvalue weighted by molar-refractivity contribution is 5.84. The Hall–Kier alpha value is -3.06. The molecule has 1 atom stereocenters. The van der Waals surface area contributed by atoms with Crippen molar-refractivity contribution in [3.63, 3.8) is 0 Å². The number of rotatable bonds is 10. The fraction of sp³-hybridized carbons (Fsp3) is 0.391. The number of hydrogen-bond acceptors (Lipinski definition) is 4. The third-order valence-corrected chi connectivity index (χ3v) is 4.98. The summed E-state index contributed by atoms with van der Waals surface area (Å²) < 4.78 is 11.1. The van der Waals surface area contributed by atoms with Gasteiger partial charge in [-0.25, -0.2) is 4.79 Å². The highest BCUT2D eigenvalue weighted by Gasteiger charge is 2.26. The molecule has 7 heteroatoms. The second-order valence-corrected chi connectivity index (χ2v) is 7.30. The monoisotopic (exact) mass is 411 g/mol. The van der Waals surface area contributed by atoms with Crippen LogP contribution in [-0.2, 0) is 22.6 Å². The molecule has 0 radical (unpaired) electrons. The first-order chi connectivity index (χ1) is 14.7. The van der Waals surface area contributed by atoms with Crippen LogP contribution in [0.2, 0.25) is 0 Å². The van der Waals surface area contributed by atoms with Gasteiger partial charge < -0.3 is 24.3 Å². The van der Waals surface area contributed by atoms with Crippen LogP contribution in [0.5, 0.6) is 0 Å². The average Bonchev–Trinajstić information content (AvgIpc) is 3.46. The molecule has 0 saturated carbocycles. The summed E-state index contributed by atoms with van der Waals surface area (Å²) in [6.45, 7) is 5.90. The maximum atomic E-state index is 13.1. The molecule has 3 amide bonds. The van der Waals surface area contributed by atoms with Gasteiger partial charge in [-0.05, 0) is 30.5 Å². The van der Waals surface area contributed by atoms with Crippen LogP contribution in [0, 0.1) is 0 Å². The number of ether oxygens (including phenoxy) is 1. The van der Waals surface area contributed by atoms with Gasteiger partial charge >= 0.3 is 6.03 Å². The Morgan fingerprint density at radius 1 is 1.17 bits per heavy atom. The van der Waals surface area contributed by atoms with Gasteiger partial charge in [-0.1, -0.05) is 36.4 Å². The fourth-order valence-electron chi connectivity index (χ4n) is 3.40. The van der Waals surface area contributed by atoms with E-state index in [-0.39, 0.29) is 31.1 Å². The number of furan rings is 1. The molecule has 2 aromatic rings. The van der Waals surface area contributed by atoms with E-state index in [0.29, 0.717) is 25.4 Å². The van der Waals surface area contributed by atoms with Crippen molar-refractivity contribution < 1.29 is 18.7 Å². The van der Waals surface area contributed by atoms with Crippen LogP contribution >= 0.6 is 0 Å². The Labute approximate surface area is 177 Å². The highest BCUT2D eigenvalue weighted by atomic mass is 16.5. The Morgan fingerprint density at radius 2 is 2.00 bits per heavy atom. The molecule has 1 saturated heterocycles. The fourth-order valence-corrected chi connectivity index (χ4v) is 3.40. The van der Waals surface area contributed by atoms with Gasteiger partial charge in [0.05, 0.1) is 18.9 Å². The van der Waals surface area contributed by atoms with Gasteiger partial charge in [0, 0.05) is 26.2 Å². The van der Waals surface area contributed by atoms with E-state index in [1.807, 2.05) is 36.4 Å². The largest absolute Gasteiger partial charge is 0.467 e. The molecule has 0 aliphatic carbocycles. The summed E-state index contributed by atoms with van der Waals surface area (Å²) in [4.78, 5) is 28.9. The third kappa shape index (κ3) is 6.49. The van der Waals surface area contributed by atoms with Crippen LogP contribution < -0.4 is 5.32 Å². The molecule has 0 unspecified atom stereocenters. The summed E-state index contributed by atoms with van der Waals surface area (Å²) in [5.74, 6) is 0.545. The summed E-state index contributed by atoms with van der Waals surface area (Å²) in [6.07, 6.45) is 5.15. The Morgan fingerprint density at radius 3 is 2.67 bits per heavy atom. The first-order valence-electron chi connectivity index (χ1n) is 10.2. The first-order valence-corrected chi connectivity index (χ1v) is 10.2. The van der Waals surface area contributed by atoms with Gasteiger partial charge in [0.1, 0.15) is 12.3 Å². The second kappa shape index (κ2) is 11.2. The predicted molar refractivity (Wildman–Crippen MR) is 114 cm³/mol. The lowest BCUT2D eigenvalue weighted by Gasteiger charge is -2.28. The molecule has 1 aliphatic rings. The quantitative estimate of drug-likeness (QED) is 0.610. The summed E-state index contributed by atoms with van der Waals surface area (Å²) in [5, 5.41) is 2.87. The zero-order valence-electron chi connectivity index (χ0n) is 17.2. The van der Waals surface area contributed by atoms with Crippen molar-refractivity contribution in [3.8, 4) is 0 Å². The molecule has 1 aromatic heterocycles. The summed E-state index contributed by atoms with van der Waals surface area (Å²) in [7, 11) is 0. The normalized spacial score (nSPS) is 15.5. The Balaban J connectivity index is 1.61. The Kier molecular flexibility index (Phi) is 8.09. The molecule has 7 nitrogen and oxygen atoms in total. The van der Waals surface area contributed by atoms with Crippen molar-refractivity contribution in [1.82, 2.24) is 15.1 Å². The van der Waals surface area contributed by atoms with Crippen molar-refractivity contribution in [3.05, 3.63) is 72.7 Å². The van der Waals surface area contributed by atoms with E-state index in [1.54, 1.807) is 23.3 Å². The van der Waals surface area contributed by atoms with Crippen LogP contribution in [0.4, 0.5) is 4.79 Å². The van der Waals surface area contributed by atoms with E-state index in [2.05, 4.69) is 11.9 Å². The summed E-state index contributed by atoms with van der Waals surface area (Å²) >= 11 is 0. The van der Waals surface area contributed by atoms with Gasteiger partial charge in [0.25, 0.3) is 0 Å².